The Hall–Kier alpha value is -1.23. The van der Waals surface area contributed by atoms with Crippen molar-refractivity contribution in [3.63, 3.8) is 0 Å². The summed E-state index contributed by atoms with van der Waals surface area (Å²) in [6, 6.07) is 1.98. The Morgan fingerprint density at radius 1 is 1.21 bits per heavy atom. The highest BCUT2D eigenvalue weighted by molar-refractivity contribution is 9.10. The van der Waals surface area contributed by atoms with Crippen LogP contribution in [0.25, 0.3) is 0 Å². The molecule has 0 N–H and O–H groups in total. The quantitative estimate of drug-likeness (QED) is 0.766. The standard InChI is InChI=1S/C14H19BrN4/c1-3-5-13-17-11(9-12(15)18-13)10-14-16-6-8-19(14)7-4-2/h6,8-9H,3-5,7,10H2,1-2H3. The van der Waals surface area contributed by atoms with Crippen LogP contribution in [0.3, 0.4) is 0 Å². The molecule has 0 atom stereocenters. The highest BCUT2D eigenvalue weighted by atomic mass is 79.9. The molecule has 0 saturated carbocycles. The Balaban J connectivity index is 2.20. The Morgan fingerprint density at radius 2 is 2.05 bits per heavy atom. The molecule has 2 heterocycles. The first-order valence-corrected chi connectivity index (χ1v) is 7.54. The molecule has 0 amide bonds. The molecule has 2 aromatic heterocycles. The van der Waals surface area contributed by atoms with Crippen LogP contribution in [0.5, 0.6) is 0 Å². The molecule has 0 spiro atoms. The van der Waals surface area contributed by atoms with Crippen molar-refractivity contribution in [1.29, 1.82) is 0 Å². The summed E-state index contributed by atoms with van der Waals surface area (Å²) in [5.41, 5.74) is 1.02. The number of halogens is 1. The van der Waals surface area contributed by atoms with Crippen molar-refractivity contribution >= 4 is 15.9 Å². The van der Waals surface area contributed by atoms with E-state index in [9.17, 15) is 0 Å². The van der Waals surface area contributed by atoms with Crippen molar-refractivity contribution in [3.8, 4) is 0 Å². The highest BCUT2D eigenvalue weighted by Gasteiger charge is 2.07. The average Bonchev–Trinajstić information content (AvgIpc) is 2.77. The summed E-state index contributed by atoms with van der Waals surface area (Å²) in [7, 11) is 0. The SMILES string of the molecule is CCCc1nc(Br)cc(Cc2nccn2CCC)n1. The summed E-state index contributed by atoms with van der Waals surface area (Å²) >= 11 is 3.46. The van der Waals surface area contributed by atoms with E-state index in [0.29, 0.717) is 0 Å². The third-order valence-corrected chi connectivity index (χ3v) is 3.28. The van der Waals surface area contributed by atoms with Crippen molar-refractivity contribution in [2.24, 2.45) is 0 Å². The van der Waals surface area contributed by atoms with E-state index in [1.807, 2.05) is 18.5 Å². The summed E-state index contributed by atoms with van der Waals surface area (Å²) in [5, 5.41) is 0. The van der Waals surface area contributed by atoms with Crippen LogP contribution in [0.2, 0.25) is 0 Å². The van der Waals surface area contributed by atoms with E-state index >= 15 is 0 Å². The first kappa shape index (κ1) is 14.2. The number of hydrogen-bond acceptors (Lipinski definition) is 3. The topological polar surface area (TPSA) is 43.6 Å². The lowest BCUT2D eigenvalue weighted by Crippen LogP contribution is -2.06. The predicted molar refractivity (Wildman–Crippen MR) is 79.1 cm³/mol. The van der Waals surface area contributed by atoms with Gasteiger partial charge in [-0.2, -0.15) is 0 Å². The maximum atomic E-state index is 4.60. The van der Waals surface area contributed by atoms with E-state index in [1.54, 1.807) is 0 Å². The maximum absolute atomic E-state index is 4.60. The van der Waals surface area contributed by atoms with Gasteiger partial charge >= 0.3 is 0 Å². The van der Waals surface area contributed by atoms with Gasteiger partial charge in [-0.05, 0) is 34.8 Å². The van der Waals surface area contributed by atoms with E-state index in [1.165, 1.54) is 0 Å². The van der Waals surface area contributed by atoms with E-state index in [2.05, 4.69) is 49.3 Å². The lowest BCUT2D eigenvalue weighted by atomic mass is 10.2. The van der Waals surface area contributed by atoms with Crippen molar-refractivity contribution in [2.45, 2.75) is 46.1 Å². The molecular weight excluding hydrogens is 304 g/mol. The van der Waals surface area contributed by atoms with Gasteiger partial charge in [-0.15, -0.1) is 0 Å². The van der Waals surface area contributed by atoms with Crippen LogP contribution in [0, 0.1) is 0 Å². The van der Waals surface area contributed by atoms with Gasteiger partial charge in [-0.1, -0.05) is 13.8 Å². The summed E-state index contributed by atoms with van der Waals surface area (Å²) in [6.07, 6.45) is 7.72. The van der Waals surface area contributed by atoms with Crippen molar-refractivity contribution in [3.05, 3.63) is 40.4 Å². The summed E-state index contributed by atoms with van der Waals surface area (Å²) in [6.45, 7) is 5.31. The van der Waals surface area contributed by atoms with Gasteiger partial charge in [-0.25, -0.2) is 15.0 Å². The Kier molecular flexibility index (Phi) is 5.07. The monoisotopic (exact) mass is 322 g/mol. The fourth-order valence-corrected chi connectivity index (χ4v) is 2.52. The second kappa shape index (κ2) is 6.80. The molecule has 0 aromatic carbocycles. The minimum absolute atomic E-state index is 0.755. The van der Waals surface area contributed by atoms with Gasteiger partial charge < -0.3 is 4.57 Å². The third kappa shape index (κ3) is 3.86. The van der Waals surface area contributed by atoms with Crippen molar-refractivity contribution in [1.82, 2.24) is 19.5 Å². The Morgan fingerprint density at radius 3 is 2.79 bits per heavy atom. The molecule has 0 radical (unpaired) electrons. The summed E-state index contributed by atoms with van der Waals surface area (Å²) in [5.74, 6) is 1.97. The van der Waals surface area contributed by atoms with Gasteiger partial charge in [0.05, 0.1) is 5.69 Å². The zero-order valence-electron chi connectivity index (χ0n) is 11.4. The molecule has 102 valence electrons. The minimum Gasteiger partial charge on any atom is -0.335 e. The Labute approximate surface area is 122 Å². The van der Waals surface area contributed by atoms with Gasteiger partial charge in [0.2, 0.25) is 0 Å². The van der Waals surface area contributed by atoms with Gasteiger partial charge in [0.25, 0.3) is 0 Å². The number of imidazole rings is 1. The molecular formula is C14H19BrN4. The van der Waals surface area contributed by atoms with Crippen LogP contribution < -0.4 is 0 Å². The van der Waals surface area contributed by atoms with Gasteiger partial charge in [0.15, 0.2) is 0 Å². The zero-order valence-corrected chi connectivity index (χ0v) is 13.0. The van der Waals surface area contributed by atoms with E-state index in [0.717, 1.165) is 54.2 Å². The second-order valence-corrected chi connectivity index (χ2v) is 5.37. The molecule has 0 unspecified atom stereocenters. The van der Waals surface area contributed by atoms with Gasteiger partial charge in [0.1, 0.15) is 16.3 Å². The highest BCUT2D eigenvalue weighted by Crippen LogP contribution is 2.13. The molecule has 0 aliphatic rings. The number of rotatable bonds is 6. The molecule has 0 fully saturated rings. The maximum Gasteiger partial charge on any atom is 0.129 e. The smallest absolute Gasteiger partial charge is 0.129 e. The van der Waals surface area contributed by atoms with Crippen molar-refractivity contribution < 1.29 is 0 Å². The molecule has 5 heteroatoms. The Bertz CT molecular complexity index is 536. The first-order valence-electron chi connectivity index (χ1n) is 6.75. The van der Waals surface area contributed by atoms with Crippen molar-refractivity contribution in [2.75, 3.05) is 0 Å². The number of nitrogens with zero attached hydrogens (tertiary/aromatic N) is 4. The fourth-order valence-electron chi connectivity index (χ4n) is 2.06. The fraction of sp³-hybridized carbons (Fsp3) is 0.500. The molecule has 0 aliphatic heterocycles. The van der Waals surface area contributed by atoms with Crippen LogP contribution in [-0.4, -0.2) is 19.5 Å². The van der Waals surface area contributed by atoms with Crippen LogP contribution in [0.1, 0.15) is 44.0 Å². The number of hydrogen-bond donors (Lipinski definition) is 0. The average molecular weight is 323 g/mol. The normalized spacial score (nSPS) is 10.9. The molecule has 0 bridgehead atoms. The minimum atomic E-state index is 0.755. The molecule has 19 heavy (non-hydrogen) atoms. The van der Waals surface area contributed by atoms with Crippen LogP contribution in [0.15, 0.2) is 23.1 Å². The molecule has 2 rings (SSSR count). The number of aromatic nitrogens is 4. The summed E-state index contributed by atoms with van der Waals surface area (Å²) < 4.78 is 3.05. The van der Waals surface area contributed by atoms with Crippen LogP contribution >= 0.6 is 15.9 Å². The number of aryl methyl sites for hydroxylation is 2. The first-order chi connectivity index (χ1) is 9.22. The van der Waals surface area contributed by atoms with E-state index in [4.69, 9.17) is 0 Å². The largest absolute Gasteiger partial charge is 0.335 e. The molecule has 4 nitrogen and oxygen atoms in total. The molecule has 0 aliphatic carbocycles. The van der Waals surface area contributed by atoms with Gasteiger partial charge in [0, 0.05) is 31.8 Å². The summed E-state index contributed by atoms with van der Waals surface area (Å²) in [4.78, 5) is 13.4. The lowest BCUT2D eigenvalue weighted by molar-refractivity contribution is 0.643. The van der Waals surface area contributed by atoms with E-state index in [-0.39, 0.29) is 0 Å². The van der Waals surface area contributed by atoms with E-state index < -0.39 is 0 Å². The second-order valence-electron chi connectivity index (χ2n) is 4.56. The predicted octanol–water partition coefficient (Wildman–Crippen LogP) is 3.39. The van der Waals surface area contributed by atoms with Crippen LogP contribution in [-0.2, 0) is 19.4 Å². The molecule has 2 aromatic rings. The zero-order chi connectivity index (χ0) is 13.7. The van der Waals surface area contributed by atoms with Crippen LogP contribution in [0.4, 0.5) is 0 Å². The molecule has 0 saturated heterocycles. The van der Waals surface area contributed by atoms with Gasteiger partial charge in [-0.3, -0.25) is 0 Å². The third-order valence-electron chi connectivity index (χ3n) is 2.87. The lowest BCUT2D eigenvalue weighted by Gasteiger charge is -2.07.